The topological polar surface area (TPSA) is 50.9 Å². The number of thiazole rings is 1. The minimum Gasteiger partial charge on any atom is -0.395 e. The normalized spacial score (nSPS) is 10.7. The zero-order chi connectivity index (χ0) is 13.1. The minimum atomic E-state index is 0.742. The number of benzene rings is 2. The minimum absolute atomic E-state index is 0.742. The van der Waals surface area contributed by atoms with E-state index in [1.54, 1.807) is 11.3 Å². The molecule has 1 heterocycles. The van der Waals surface area contributed by atoms with Crippen molar-refractivity contribution in [1.82, 2.24) is 4.98 Å². The predicted molar refractivity (Wildman–Crippen MR) is 82.7 cm³/mol. The van der Waals surface area contributed by atoms with E-state index in [2.05, 4.69) is 40.6 Å². The Hall–Kier alpha value is -2.07. The van der Waals surface area contributed by atoms with Gasteiger partial charge in [0, 0.05) is 6.54 Å². The number of nitrogens with one attached hydrogen (secondary N) is 1. The van der Waals surface area contributed by atoms with Gasteiger partial charge in [-0.3, -0.25) is 0 Å². The summed E-state index contributed by atoms with van der Waals surface area (Å²) in [6.45, 7) is 0.865. The average Bonchev–Trinajstić information content (AvgIpc) is 2.92. The van der Waals surface area contributed by atoms with Crippen molar-refractivity contribution >= 4 is 32.9 Å². The molecule has 0 saturated heterocycles. The summed E-state index contributed by atoms with van der Waals surface area (Å²) in [5, 5.41) is 3.38. The number of nitrogen functional groups attached to an aromatic ring is 1. The lowest BCUT2D eigenvalue weighted by Crippen LogP contribution is -2.07. The third kappa shape index (κ3) is 2.53. The molecule has 0 aliphatic carbocycles. The Kier molecular flexibility index (Phi) is 3.33. The Morgan fingerprint density at radius 2 is 1.95 bits per heavy atom. The molecule has 0 atom stereocenters. The highest BCUT2D eigenvalue weighted by molar-refractivity contribution is 7.16. The Morgan fingerprint density at radius 1 is 1.11 bits per heavy atom. The third-order valence-electron chi connectivity index (χ3n) is 3.11. The van der Waals surface area contributed by atoms with Crippen molar-refractivity contribution in [3.8, 4) is 0 Å². The van der Waals surface area contributed by atoms with Crippen molar-refractivity contribution < 1.29 is 0 Å². The molecule has 0 aliphatic rings. The fourth-order valence-corrected chi connectivity index (χ4v) is 2.79. The summed E-state index contributed by atoms with van der Waals surface area (Å²) in [6.07, 6.45) is 0.982. The second-order valence-electron chi connectivity index (χ2n) is 4.39. The molecule has 4 heteroatoms. The largest absolute Gasteiger partial charge is 0.395 e. The predicted octanol–water partition coefficient (Wildman–Crippen LogP) is 3.53. The molecule has 0 bridgehead atoms. The first-order chi connectivity index (χ1) is 9.34. The van der Waals surface area contributed by atoms with Crippen molar-refractivity contribution in [3.63, 3.8) is 0 Å². The lowest BCUT2D eigenvalue weighted by molar-refractivity contribution is 1.02. The van der Waals surface area contributed by atoms with Gasteiger partial charge in [-0.2, -0.15) is 0 Å². The van der Waals surface area contributed by atoms with E-state index in [1.165, 1.54) is 5.56 Å². The number of nitrogens with two attached hydrogens (primary N) is 1. The van der Waals surface area contributed by atoms with E-state index in [0.717, 1.165) is 34.6 Å². The summed E-state index contributed by atoms with van der Waals surface area (Å²) < 4.78 is 1.13. The van der Waals surface area contributed by atoms with Gasteiger partial charge in [0.05, 0.1) is 21.6 Å². The number of hydrogen-bond donors (Lipinski definition) is 2. The Bertz CT molecular complexity index is 676. The van der Waals surface area contributed by atoms with Gasteiger partial charge >= 0.3 is 0 Å². The van der Waals surface area contributed by atoms with E-state index in [0.29, 0.717) is 0 Å². The first-order valence-corrected chi connectivity index (χ1v) is 7.12. The monoisotopic (exact) mass is 269 g/mol. The van der Waals surface area contributed by atoms with Crippen molar-refractivity contribution in [2.45, 2.75) is 6.42 Å². The van der Waals surface area contributed by atoms with Crippen molar-refractivity contribution in [2.75, 3.05) is 17.6 Å². The molecule has 3 nitrogen and oxygen atoms in total. The van der Waals surface area contributed by atoms with Crippen LogP contribution in [-0.4, -0.2) is 11.5 Å². The molecule has 0 saturated carbocycles. The molecule has 96 valence electrons. The molecule has 3 aromatic rings. The maximum atomic E-state index is 6.12. The van der Waals surface area contributed by atoms with Gasteiger partial charge in [-0.1, -0.05) is 30.3 Å². The van der Waals surface area contributed by atoms with Gasteiger partial charge in [-0.05, 0) is 24.1 Å². The molecule has 0 amide bonds. The van der Waals surface area contributed by atoms with Crippen molar-refractivity contribution in [1.29, 1.82) is 0 Å². The molecular formula is C15H15N3S. The number of fused-ring (bicyclic) bond motifs is 1. The molecule has 19 heavy (non-hydrogen) atoms. The van der Waals surface area contributed by atoms with Crippen molar-refractivity contribution in [2.24, 2.45) is 0 Å². The Labute approximate surface area is 116 Å². The second kappa shape index (κ2) is 5.28. The first kappa shape index (κ1) is 12.0. The zero-order valence-corrected chi connectivity index (χ0v) is 11.3. The zero-order valence-electron chi connectivity index (χ0n) is 10.5. The van der Waals surface area contributed by atoms with Crippen LogP contribution in [0.1, 0.15) is 5.56 Å². The Balaban J connectivity index is 1.70. The van der Waals surface area contributed by atoms with Crippen LogP contribution in [0.3, 0.4) is 0 Å². The van der Waals surface area contributed by atoms with Gasteiger partial charge in [0.15, 0.2) is 0 Å². The van der Waals surface area contributed by atoms with Crippen LogP contribution in [0.15, 0.2) is 48.0 Å². The molecule has 2 aromatic carbocycles. The van der Waals surface area contributed by atoms with E-state index >= 15 is 0 Å². The van der Waals surface area contributed by atoms with Gasteiger partial charge in [0.2, 0.25) is 0 Å². The standard InChI is InChI=1S/C15H15N3S/c16-14-12(6-7-13-15(14)18-10-19-13)17-9-8-11-4-2-1-3-5-11/h1-7,10,17H,8-9,16H2. The van der Waals surface area contributed by atoms with Crippen LogP contribution in [0.25, 0.3) is 10.2 Å². The van der Waals surface area contributed by atoms with Crippen molar-refractivity contribution in [3.05, 3.63) is 53.5 Å². The maximum Gasteiger partial charge on any atom is 0.106 e. The van der Waals surface area contributed by atoms with Gasteiger partial charge in [0.1, 0.15) is 5.52 Å². The van der Waals surface area contributed by atoms with Gasteiger partial charge in [0.25, 0.3) is 0 Å². The highest BCUT2D eigenvalue weighted by atomic mass is 32.1. The maximum absolute atomic E-state index is 6.12. The number of hydrogen-bond acceptors (Lipinski definition) is 4. The van der Waals surface area contributed by atoms with E-state index in [-0.39, 0.29) is 0 Å². The number of anilines is 2. The van der Waals surface area contributed by atoms with Crippen LogP contribution in [0.5, 0.6) is 0 Å². The molecule has 3 rings (SSSR count). The summed E-state index contributed by atoms with van der Waals surface area (Å²) in [5.41, 5.74) is 11.9. The lowest BCUT2D eigenvalue weighted by Gasteiger charge is -2.09. The molecule has 3 N–H and O–H groups in total. The quantitative estimate of drug-likeness (QED) is 0.712. The van der Waals surface area contributed by atoms with Crippen LogP contribution < -0.4 is 11.1 Å². The van der Waals surface area contributed by atoms with Crippen LogP contribution in [-0.2, 0) is 6.42 Å². The van der Waals surface area contributed by atoms with Crippen LogP contribution in [0.4, 0.5) is 11.4 Å². The second-order valence-corrected chi connectivity index (χ2v) is 5.27. The van der Waals surface area contributed by atoms with E-state index in [1.807, 2.05) is 17.6 Å². The molecule has 1 aromatic heterocycles. The Morgan fingerprint density at radius 3 is 2.79 bits per heavy atom. The van der Waals surface area contributed by atoms with Crippen LogP contribution in [0, 0.1) is 0 Å². The number of rotatable bonds is 4. The number of nitrogens with zero attached hydrogens (tertiary/aromatic N) is 1. The SMILES string of the molecule is Nc1c(NCCc2ccccc2)ccc2scnc12. The smallest absolute Gasteiger partial charge is 0.106 e. The van der Waals surface area contributed by atoms with E-state index in [4.69, 9.17) is 5.73 Å². The highest BCUT2D eigenvalue weighted by Gasteiger charge is 2.06. The van der Waals surface area contributed by atoms with E-state index < -0.39 is 0 Å². The fourth-order valence-electron chi connectivity index (χ4n) is 2.09. The molecule has 0 spiro atoms. The van der Waals surface area contributed by atoms with Gasteiger partial charge in [-0.25, -0.2) is 4.98 Å². The summed E-state index contributed by atoms with van der Waals surface area (Å²) >= 11 is 1.61. The molecule has 0 aliphatic heterocycles. The molecule has 0 fully saturated rings. The van der Waals surface area contributed by atoms with Crippen LogP contribution >= 0.6 is 11.3 Å². The molecule has 0 unspecified atom stereocenters. The summed E-state index contributed by atoms with van der Waals surface area (Å²) in [5.74, 6) is 0. The summed E-state index contributed by atoms with van der Waals surface area (Å²) in [4.78, 5) is 4.30. The third-order valence-corrected chi connectivity index (χ3v) is 3.91. The highest BCUT2D eigenvalue weighted by Crippen LogP contribution is 2.29. The molecule has 0 radical (unpaired) electrons. The summed E-state index contributed by atoms with van der Waals surface area (Å²) in [7, 11) is 0. The fraction of sp³-hybridized carbons (Fsp3) is 0.133. The van der Waals surface area contributed by atoms with Gasteiger partial charge in [-0.15, -0.1) is 11.3 Å². The van der Waals surface area contributed by atoms with Crippen LogP contribution in [0.2, 0.25) is 0 Å². The molecular weight excluding hydrogens is 254 g/mol. The average molecular weight is 269 g/mol. The number of aromatic nitrogens is 1. The first-order valence-electron chi connectivity index (χ1n) is 6.24. The van der Waals surface area contributed by atoms with E-state index in [9.17, 15) is 0 Å². The summed E-state index contributed by atoms with van der Waals surface area (Å²) in [6, 6.07) is 14.5. The van der Waals surface area contributed by atoms with Gasteiger partial charge < -0.3 is 11.1 Å². The lowest BCUT2D eigenvalue weighted by atomic mass is 10.1.